The Hall–Kier alpha value is -0.0551. The summed E-state index contributed by atoms with van der Waals surface area (Å²) in [6.45, 7) is 4.94. The number of unbranched alkanes of at least 4 members (excludes halogenated alkanes) is 4. The molecular formula is C10H23BO3. The fraction of sp³-hybridized carbons (Fsp3) is 1.00. The van der Waals surface area contributed by atoms with Crippen LogP contribution in [0.3, 0.4) is 0 Å². The zero-order chi connectivity index (χ0) is 10.8. The molecule has 4 heteroatoms. The van der Waals surface area contributed by atoms with E-state index in [2.05, 4.69) is 18.5 Å². The normalized spacial score (nSPS) is 10.9. The summed E-state index contributed by atoms with van der Waals surface area (Å²) in [4.78, 5) is 0. The minimum absolute atomic E-state index is 0.446. The summed E-state index contributed by atoms with van der Waals surface area (Å²) in [5.74, 6) is 0.808. The highest BCUT2D eigenvalue weighted by molar-refractivity contribution is 6.32. The first-order valence-electron chi connectivity index (χ1n) is 5.60. The van der Waals surface area contributed by atoms with Crippen LogP contribution in [0.25, 0.3) is 0 Å². The first-order valence-corrected chi connectivity index (χ1v) is 5.60. The molecule has 0 aliphatic rings. The summed E-state index contributed by atoms with van der Waals surface area (Å²) in [7, 11) is -1.60. The van der Waals surface area contributed by atoms with Crippen LogP contribution < -0.4 is 0 Å². The van der Waals surface area contributed by atoms with Crippen LogP contribution in [0.5, 0.6) is 0 Å². The zero-order valence-electron chi connectivity index (χ0n) is 9.41. The van der Waals surface area contributed by atoms with E-state index in [4.69, 9.17) is 10.0 Å². The maximum atomic E-state index is 8.39. The molecule has 3 nitrogen and oxygen atoms in total. The molecule has 0 fully saturated rings. The number of rotatable bonds is 9. The van der Waals surface area contributed by atoms with E-state index in [1.807, 2.05) is 0 Å². The molecule has 0 atom stereocenters. The molecule has 0 amide bonds. The van der Waals surface area contributed by atoms with Crippen molar-refractivity contribution < 1.29 is 14.7 Å². The molecular weight excluding hydrogens is 179 g/mol. The minimum atomic E-state index is -1.60. The van der Waals surface area contributed by atoms with Gasteiger partial charge >= 0.3 is 7.32 Å². The first kappa shape index (κ1) is 13.9. The number of hydrogen-bond acceptors (Lipinski definition) is 3. The van der Waals surface area contributed by atoms with Gasteiger partial charge in [-0.15, -0.1) is 0 Å². The van der Waals surface area contributed by atoms with Gasteiger partial charge in [-0.2, -0.15) is 0 Å². The molecule has 0 aromatic rings. The average molecular weight is 202 g/mol. The summed E-state index contributed by atoms with van der Waals surface area (Å²) in [6, 6.07) is 0. The van der Waals surface area contributed by atoms with Crippen molar-refractivity contribution in [3.05, 3.63) is 0 Å². The van der Waals surface area contributed by atoms with E-state index in [9.17, 15) is 0 Å². The van der Waals surface area contributed by atoms with Crippen molar-refractivity contribution in [3.63, 3.8) is 0 Å². The Morgan fingerprint density at radius 2 is 1.57 bits per heavy atom. The molecule has 14 heavy (non-hydrogen) atoms. The molecule has 0 spiro atoms. The summed E-state index contributed by atoms with van der Waals surface area (Å²) in [6.07, 6.45) is 7.15. The molecule has 0 bridgehead atoms. The molecule has 0 radical (unpaired) electrons. The quantitative estimate of drug-likeness (QED) is 0.444. The molecule has 0 aliphatic carbocycles. The van der Waals surface area contributed by atoms with Crippen LogP contribution in [-0.2, 0) is 4.65 Å². The van der Waals surface area contributed by atoms with Crippen molar-refractivity contribution >= 4 is 7.32 Å². The van der Waals surface area contributed by atoms with E-state index in [1.54, 1.807) is 0 Å². The predicted molar refractivity (Wildman–Crippen MR) is 58.7 cm³/mol. The second-order valence-electron chi connectivity index (χ2n) is 4.15. The van der Waals surface area contributed by atoms with Gasteiger partial charge in [-0.05, 0) is 12.3 Å². The molecule has 0 heterocycles. The Kier molecular flexibility index (Phi) is 9.46. The van der Waals surface area contributed by atoms with Crippen LogP contribution in [0.2, 0.25) is 0 Å². The zero-order valence-corrected chi connectivity index (χ0v) is 9.41. The highest BCUT2D eigenvalue weighted by Crippen LogP contribution is 2.10. The van der Waals surface area contributed by atoms with Gasteiger partial charge in [0, 0.05) is 6.61 Å². The lowest BCUT2D eigenvalue weighted by Crippen LogP contribution is -2.17. The van der Waals surface area contributed by atoms with Crippen molar-refractivity contribution in [1.82, 2.24) is 0 Å². The third-order valence-corrected chi connectivity index (χ3v) is 2.19. The average Bonchev–Trinajstić information content (AvgIpc) is 2.08. The van der Waals surface area contributed by atoms with E-state index in [1.165, 1.54) is 25.7 Å². The fourth-order valence-corrected chi connectivity index (χ4v) is 1.37. The van der Waals surface area contributed by atoms with Gasteiger partial charge in [0.2, 0.25) is 0 Å². The summed E-state index contributed by atoms with van der Waals surface area (Å²) in [5, 5.41) is 16.8. The SMILES string of the molecule is CC(C)CCCCCCCOB(O)O. The second-order valence-corrected chi connectivity index (χ2v) is 4.15. The van der Waals surface area contributed by atoms with E-state index >= 15 is 0 Å². The van der Waals surface area contributed by atoms with Gasteiger partial charge in [-0.25, -0.2) is 0 Å². The second kappa shape index (κ2) is 9.50. The third-order valence-electron chi connectivity index (χ3n) is 2.19. The molecule has 0 aromatic carbocycles. The summed E-state index contributed by atoms with van der Waals surface area (Å²) >= 11 is 0. The maximum Gasteiger partial charge on any atom is 0.633 e. The van der Waals surface area contributed by atoms with E-state index in [0.29, 0.717) is 6.61 Å². The fourth-order valence-electron chi connectivity index (χ4n) is 1.37. The topological polar surface area (TPSA) is 49.7 Å². The Bertz CT molecular complexity index is 104. The van der Waals surface area contributed by atoms with Gasteiger partial charge in [-0.1, -0.05) is 46.0 Å². The van der Waals surface area contributed by atoms with Crippen molar-refractivity contribution in [1.29, 1.82) is 0 Å². The Labute approximate surface area is 87.7 Å². The minimum Gasteiger partial charge on any atom is -0.402 e. The van der Waals surface area contributed by atoms with E-state index < -0.39 is 7.32 Å². The van der Waals surface area contributed by atoms with Crippen molar-refractivity contribution in [2.75, 3.05) is 6.61 Å². The van der Waals surface area contributed by atoms with E-state index in [-0.39, 0.29) is 0 Å². The molecule has 0 rings (SSSR count). The van der Waals surface area contributed by atoms with Gasteiger partial charge in [0.05, 0.1) is 0 Å². The lowest BCUT2D eigenvalue weighted by atomic mass is 10.0. The predicted octanol–water partition coefficient (Wildman–Crippen LogP) is 1.97. The highest BCUT2D eigenvalue weighted by Gasteiger charge is 2.06. The van der Waals surface area contributed by atoms with Crippen molar-refractivity contribution in [3.8, 4) is 0 Å². The van der Waals surface area contributed by atoms with Gasteiger partial charge in [0.1, 0.15) is 0 Å². The van der Waals surface area contributed by atoms with Crippen molar-refractivity contribution in [2.24, 2.45) is 5.92 Å². The van der Waals surface area contributed by atoms with Crippen LogP contribution in [0.4, 0.5) is 0 Å². The molecule has 0 saturated heterocycles. The number of hydrogen-bond donors (Lipinski definition) is 2. The van der Waals surface area contributed by atoms with Crippen molar-refractivity contribution in [2.45, 2.75) is 52.4 Å². The molecule has 2 N–H and O–H groups in total. The maximum absolute atomic E-state index is 8.39. The van der Waals surface area contributed by atoms with Crippen LogP contribution in [0.15, 0.2) is 0 Å². The lowest BCUT2D eigenvalue weighted by molar-refractivity contribution is 0.182. The molecule has 0 saturated carbocycles. The lowest BCUT2D eigenvalue weighted by Gasteiger charge is -2.04. The monoisotopic (exact) mass is 202 g/mol. The third kappa shape index (κ3) is 11.9. The van der Waals surface area contributed by atoms with Gasteiger partial charge in [-0.3, -0.25) is 0 Å². The van der Waals surface area contributed by atoms with Crippen LogP contribution >= 0.6 is 0 Å². The molecule has 0 aromatic heterocycles. The molecule has 0 unspecified atom stereocenters. The summed E-state index contributed by atoms with van der Waals surface area (Å²) in [5.41, 5.74) is 0. The summed E-state index contributed by atoms with van der Waals surface area (Å²) < 4.78 is 4.60. The highest BCUT2D eigenvalue weighted by atomic mass is 16.6. The molecule has 84 valence electrons. The van der Waals surface area contributed by atoms with Gasteiger partial charge in [0.25, 0.3) is 0 Å². The van der Waals surface area contributed by atoms with Gasteiger partial charge in [0.15, 0.2) is 0 Å². The van der Waals surface area contributed by atoms with E-state index in [0.717, 1.165) is 18.8 Å². The van der Waals surface area contributed by atoms with Crippen LogP contribution in [-0.4, -0.2) is 24.0 Å². The van der Waals surface area contributed by atoms with Crippen LogP contribution in [0.1, 0.15) is 52.4 Å². The Morgan fingerprint density at radius 1 is 1.00 bits per heavy atom. The first-order chi connectivity index (χ1) is 6.63. The largest absolute Gasteiger partial charge is 0.633 e. The molecule has 0 aliphatic heterocycles. The van der Waals surface area contributed by atoms with Gasteiger partial charge < -0.3 is 14.7 Å². The van der Waals surface area contributed by atoms with Crippen LogP contribution in [0, 0.1) is 5.92 Å². The Morgan fingerprint density at radius 3 is 2.14 bits per heavy atom. The Balaban J connectivity index is 2.92. The standard InChI is InChI=1S/C10H23BO3/c1-10(2)8-6-4-3-5-7-9-14-11(12)13/h10,12-13H,3-9H2,1-2H3. The smallest absolute Gasteiger partial charge is 0.402 e.